The van der Waals surface area contributed by atoms with Crippen molar-refractivity contribution in [3.8, 4) is 5.75 Å². The molecule has 0 atom stereocenters. The maximum Gasteiger partial charge on any atom is 0.139 e. The molecule has 0 fully saturated rings. The van der Waals surface area contributed by atoms with Gasteiger partial charge in [0.1, 0.15) is 10.8 Å². The van der Waals surface area contributed by atoms with Crippen LogP contribution in [-0.4, -0.2) is 7.11 Å². The third-order valence-corrected chi connectivity index (χ3v) is 2.83. The molecular formula is C10H13Cl2NO. The zero-order valence-electron chi connectivity index (χ0n) is 8.40. The highest BCUT2D eigenvalue weighted by atomic mass is 35.5. The summed E-state index contributed by atoms with van der Waals surface area (Å²) in [5, 5.41) is 0.865. The van der Waals surface area contributed by atoms with Crippen LogP contribution in [0.2, 0.25) is 10.0 Å². The van der Waals surface area contributed by atoms with Crippen LogP contribution in [0.15, 0.2) is 12.1 Å². The Balaban J connectivity index is 3.31. The van der Waals surface area contributed by atoms with Crippen molar-refractivity contribution in [3.63, 3.8) is 0 Å². The largest absolute Gasteiger partial charge is 0.495 e. The van der Waals surface area contributed by atoms with Crippen LogP contribution in [0.3, 0.4) is 0 Å². The van der Waals surface area contributed by atoms with Crippen molar-refractivity contribution in [2.45, 2.75) is 19.4 Å². The predicted molar refractivity (Wildman–Crippen MR) is 60.2 cm³/mol. The van der Waals surface area contributed by atoms with E-state index in [1.807, 2.05) is 19.9 Å². The minimum atomic E-state index is -0.507. The molecule has 0 saturated heterocycles. The van der Waals surface area contributed by atoms with Crippen LogP contribution in [0, 0.1) is 0 Å². The highest BCUT2D eigenvalue weighted by Gasteiger charge is 2.21. The fraction of sp³-hybridized carbons (Fsp3) is 0.400. The summed E-state index contributed by atoms with van der Waals surface area (Å²) in [4.78, 5) is 0. The first-order valence-electron chi connectivity index (χ1n) is 4.19. The molecule has 0 aliphatic carbocycles. The highest BCUT2D eigenvalue weighted by molar-refractivity contribution is 6.43. The molecule has 4 heteroatoms. The van der Waals surface area contributed by atoms with E-state index in [0.717, 1.165) is 5.56 Å². The van der Waals surface area contributed by atoms with E-state index in [9.17, 15) is 0 Å². The molecule has 78 valence electrons. The van der Waals surface area contributed by atoms with Gasteiger partial charge in [0.15, 0.2) is 0 Å². The number of rotatable bonds is 2. The molecule has 0 aliphatic heterocycles. The molecule has 0 radical (unpaired) electrons. The Bertz CT molecular complexity index is 345. The standard InChI is InChI=1S/C10H13Cl2NO/c1-10(2,13)6-4-5-7(14-3)9(12)8(6)11/h4-5H,13H2,1-3H3. The first-order chi connectivity index (χ1) is 6.38. The van der Waals surface area contributed by atoms with Gasteiger partial charge in [-0.2, -0.15) is 0 Å². The van der Waals surface area contributed by atoms with Crippen molar-refractivity contribution in [1.82, 2.24) is 0 Å². The second kappa shape index (κ2) is 3.97. The van der Waals surface area contributed by atoms with Gasteiger partial charge in [0.2, 0.25) is 0 Å². The lowest BCUT2D eigenvalue weighted by molar-refractivity contribution is 0.414. The van der Waals surface area contributed by atoms with Gasteiger partial charge in [-0.25, -0.2) is 0 Å². The zero-order valence-corrected chi connectivity index (χ0v) is 9.91. The lowest BCUT2D eigenvalue weighted by Crippen LogP contribution is -2.29. The number of nitrogens with two attached hydrogens (primary N) is 1. The molecule has 0 saturated carbocycles. The number of benzene rings is 1. The van der Waals surface area contributed by atoms with Crippen molar-refractivity contribution in [1.29, 1.82) is 0 Å². The van der Waals surface area contributed by atoms with Crippen LogP contribution in [0.5, 0.6) is 5.75 Å². The molecule has 0 aromatic heterocycles. The molecule has 0 bridgehead atoms. The third kappa shape index (κ3) is 2.14. The molecule has 1 rings (SSSR count). The van der Waals surface area contributed by atoms with E-state index >= 15 is 0 Å². The smallest absolute Gasteiger partial charge is 0.139 e. The Hall–Kier alpha value is -0.440. The SMILES string of the molecule is COc1ccc(C(C)(C)N)c(Cl)c1Cl. The molecule has 0 aliphatic rings. The van der Waals surface area contributed by atoms with E-state index < -0.39 is 5.54 Å². The van der Waals surface area contributed by atoms with Crippen molar-refractivity contribution >= 4 is 23.2 Å². The quantitative estimate of drug-likeness (QED) is 0.852. The second-order valence-electron chi connectivity index (χ2n) is 3.67. The lowest BCUT2D eigenvalue weighted by Gasteiger charge is -2.21. The number of halogens is 2. The van der Waals surface area contributed by atoms with Crippen LogP contribution in [-0.2, 0) is 5.54 Å². The molecule has 0 amide bonds. The summed E-state index contributed by atoms with van der Waals surface area (Å²) in [5.41, 5.74) is 6.24. The molecule has 1 aromatic rings. The molecule has 2 nitrogen and oxygen atoms in total. The average molecular weight is 234 g/mol. The highest BCUT2D eigenvalue weighted by Crippen LogP contribution is 2.37. The molecule has 0 heterocycles. The van der Waals surface area contributed by atoms with Crippen LogP contribution in [0.1, 0.15) is 19.4 Å². The van der Waals surface area contributed by atoms with E-state index in [1.165, 1.54) is 0 Å². The van der Waals surface area contributed by atoms with Crippen LogP contribution >= 0.6 is 23.2 Å². The molecule has 0 spiro atoms. The van der Waals surface area contributed by atoms with E-state index in [2.05, 4.69) is 0 Å². The maximum atomic E-state index is 6.07. The van der Waals surface area contributed by atoms with Gasteiger partial charge in [-0.05, 0) is 25.5 Å². The van der Waals surface area contributed by atoms with E-state index in [1.54, 1.807) is 13.2 Å². The summed E-state index contributed by atoms with van der Waals surface area (Å²) in [6.07, 6.45) is 0. The Labute approximate surface area is 94.0 Å². The average Bonchev–Trinajstić information content (AvgIpc) is 2.07. The van der Waals surface area contributed by atoms with Gasteiger partial charge in [0.05, 0.1) is 12.1 Å². The van der Waals surface area contributed by atoms with E-state index in [4.69, 9.17) is 33.7 Å². The van der Waals surface area contributed by atoms with Crippen molar-refractivity contribution < 1.29 is 4.74 Å². The second-order valence-corrected chi connectivity index (χ2v) is 4.42. The first kappa shape index (κ1) is 11.6. The van der Waals surface area contributed by atoms with Crippen molar-refractivity contribution in [2.24, 2.45) is 5.73 Å². The van der Waals surface area contributed by atoms with E-state index in [0.29, 0.717) is 15.8 Å². The molecule has 1 aromatic carbocycles. The molecule has 2 N–H and O–H groups in total. The van der Waals surface area contributed by atoms with Gasteiger partial charge in [-0.1, -0.05) is 29.3 Å². The number of methoxy groups -OCH3 is 1. The molecule has 14 heavy (non-hydrogen) atoms. The van der Waals surface area contributed by atoms with Gasteiger partial charge in [0.25, 0.3) is 0 Å². The Morgan fingerprint density at radius 2 is 1.79 bits per heavy atom. The number of hydrogen-bond acceptors (Lipinski definition) is 2. The third-order valence-electron chi connectivity index (χ3n) is 1.96. The van der Waals surface area contributed by atoms with Crippen molar-refractivity contribution in [2.75, 3.05) is 7.11 Å². The van der Waals surface area contributed by atoms with Crippen molar-refractivity contribution in [3.05, 3.63) is 27.7 Å². The minimum Gasteiger partial charge on any atom is -0.495 e. The zero-order chi connectivity index (χ0) is 10.9. The maximum absolute atomic E-state index is 6.07. The monoisotopic (exact) mass is 233 g/mol. The fourth-order valence-electron chi connectivity index (χ4n) is 1.19. The summed E-state index contributed by atoms with van der Waals surface area (Å²) in [7, 11) is 1.55. The van der Waals surface area contributed by atoms with Gasteiger partial charge in [0, 0.05) is 5.54 Å². The van der Waals surface area contributed by atoms with Gasteiger partial charge >= 0.3 is 0 Å². The van der Waals surface area contributed by atoms with Crippen LogP contribution in [0.25, 0.3) is 0 Å². The topological polar surface area (TPSA) is 35.2 Å². The summed E-state index contributed by atoms with van der Waals surface area (Å²) >= 11 is 12.1. The summed E-state index contributed by atoms with van der Waals surface area (Å²) in [6.45, 7) is 3.74. The summed E-state index contributed by atoms with van der Waals surface area (Å²) in [6, 6.07) is 3.59. The summed E-state index contributed by atoms with van der Waals surface area (Å²) in [5.74, 6) is 0.560. The van der Waals surface area contributed by atoms with Crippen LogP contribution < -0.4 is 10.5 Å². The first-order valence-corrected chi connectivity index (χ1v) is 4.95. The van der Waals surface area contributed by atoms with Gasteiger partial charge in [-0.15, -0.1) is 0 Å². The predicted octanol–water partition coefficient (Wildman–Crippen LogP) is 3.20. The molecular weight excluding hydrogens is 221 g/mol. The van der Waals surface area contributed by atoms with Crippen LogP contribution in [0.4, 0.5) is 0 Å². The number of hydrogen-bond donors (Lipinski definition) is 1. The van der Waals surface area contributed by atoms with Gasteiger partial charge < -0.3 is 10.5 Å². The summed E-state index contributed by atoms with van der Waals surface area (Å²) < 4.78 is 5.04. The fourth-order valence-corrected chi connectivity index (χ4v) is 1.83. The van der Waals surface area contributed by atoms with E-state index in [-0.39, 0.29) is 0 Å². The number of ether oxygens (including phenoxy) is 1. The lowest BCUT2D eigenvalue weighted by atomic mass is 9.95. The van der Waals surface area contributed by atoms with Gasteiger partial charge in [-0.3, -0.25) is 0 Å². The minimum absolute atomic E-state index is 0.408. The normalized spacial score (nSPS) is 11.6. The Kier molecular flexibility index (Phi) is 3.30. The Morgan fingerprint density at radius 1 is 1.21 bits per heavy atom. The Morgan fingerprint density at radius 3 is 2.21 bits per heavy atom. The molecule has 0 unspecified atom stereocenters.